The molecule has 2 rings (SSSR count). The van der Waals surface area contributed by atoms with Crippen molar-refractivity contribution in [1.29, 1.82) is 0 Å². The van der Waals surface area contributed by atoms with Gasteiger partial charge in [0, 0.05) is 25.2 Å². The molecule has 0 saturated heterocycles. The summed E-state index contributed by atoms with van der Waals surface area (Å²) in [4.78, 5) is 26.2. The van der Waals surface area contributed by atoms with Crippen LogP contribution in [0.4, 0.5) is 0 Å². The Morgan fingerprint density at radius 1 is 1.20 bits per heavy atom. The van der Waals surface area contributed by atoms with E-state index in [1.165, 1.54) is 19.3 Å². The third-order valence-electron chi connectivity index (χ3n) is 5.35. The Hall–Kier alpha value is -1.88. The van der Waals surface area contributed by atoms with Gasteiger partial charge in [-0.15, -0.1) is 0 Å². The molecule has 2 amide bonds. The molecule has 25 heavy (non-hydrogen) atoms. The van der Waals surface area contributed by atoms with Gasteiger partial charge in [0.1, 0.15) is 0 Å². The lowest BCUT2D eigenvalue weighted by Gasteiger charge is -2.32. The summed E-state index contributed by atoms with van der Waals surface area (Å²) in [6.45, 7) is 4.84. The molecule has 5 nitrogen and oxygen atoms in total. The van der Waals surface area contributed by atoms with Crippen molar-refractivity contribution in [3.05, 3.63) is 35.4 Å². The number of carbonyl (C=O) groups is 2. The van der Waals surface area contributed by atoms with Gasteiger partial charge in [0.05, 0.1) is 6.04 Å². The molecule has 0 spiro atoms. The number of nitrogens with one attached hydrogen (secondary N) is 2. The van der Waals surface area contributed by atoms with E-state index >= 15 is 0 Å². The van der Waals surface area contributed by atoms with Crippen LogP contribution in [0.15, 0.2) is 24.3 Å². The summed E-state index contributed by atoms with van der Waals surface area (Å²) < 4.78 is 0. The van der Waals surface area contributed by atoms with Gasteiger partial charge < -0.3 is 10.6 Å². The smallest absolute Gasteiger partial charge is 0.251 e. The van der Waals surface area contributed by atoms with Crippen LogP contribution >= 0.6 is 0 Å². The average Bonchev–Trinajstić information content (AvgIpc) is 2.62. The summed E-state index contributed by atoms with van der Waals surface area (Å²) in [5.41, 5.74) is 1.73. The predicted molar refractivity (Wildman–Crippen MR) is 100 cm³/mol. The molecule has 138 valence electrons. The quantitative estimate of drug-likeness (QED) is 0.833. The van der Waals surface area contributed by atoms with Gasteiger partial charge in [-0.1, -0.05) is 31.9 Å². The molecule has 0 radical (unpaired) electrons. The minimum atomic E-state index is -0.187. The van der Waals surface area contributed by atoms with Gasteiger partial charge in [0.25, 0.3) is 5.91 Å². The van der Waals surface area contributed by atoms with Crippen molar-refractivity contribution in [2.24, 2.45) is 5.92 Å². The third kappa shape index (κ3) is 5.30. The Bertz CT molecular complexity index is 585. The minimum absolute atomic E-state index is 0.0887. The van der Waals surface area contributed by atoms with Gasteiger partial charge in [-0.3, -0.25) is 14.5 Å². The normalized spacial score (nSPS) is 21.6. The summed E-state index contributed by atoms with van der Waals surface area (Å²) in [7, 11) is 3.58. The lowest BCUT2D eigenvalue weighted by Crippen LogP contribution is -2.49. The average molecular weight is 345 g/mol. The van der Waals surface area contributed by atoms with Crippen molar-refractivity contribution in [2.45, 2.75) is 58.2 Å². The van der Waals surface area contributed by atoms with Crippen LogP contribution in [0.25, 0.3) is 0 Å². The van der Waals surface area contributed by atoms with E-state index in [2.05, 4.69) is 17.6 Å². The lowest BCUT2D eigenvalue weighted by molar-refractivity contribution is -0.126. The first-order valence-corrected chi connectivity index (χ1v) is 9.24. The van der Waals surface area contributed by atoms with E-state index in [-0.39, 0.29) is 17.9 Å². The van der Waals surface area contributed by atoms with Crippen LogP contribution in [0.1, 0.15) is 55.5 Å². The summed E-state index contributed by atoms with van der Waals surface area (Å²) in [5, 5.41) is 5.85. The van der Waals surface area contributed by atoms with Crippen molar-refractivity contribution in [3.8, 4) is 0 Å². The fraction of sp³-hybridized carbons (Fsp3) is 0.600. The largest absolute Gasteiger partial charge is 0.355 e. The molecule has 2 N–H and O–H groups in total. The second-order valence-electron chi connectivity index (χ2n) is 7.24. The molecule has 3 atom stereocenters. The second-order valence-corrected chi connectivity index (χ2v) is 7.24. The van der Waals surface area contributed by atoms with Crippen LogP contribution in [0, 0.1) is 5.92 Å². The highest BCUT2D eigenvalue weighted by Gasteiger charge is 2.26. The van der Waals surface area contributed by atoms with E-state index in [4.69, 9.17) is 0 Å². The Morgan fingerprint density at radius 2 is 1.84 bits per heavy atom. The summed E-state index contributed by atoms with van der Waals surface area (Å²) in [6, 6.07) is 7.63. The van der Waals surface area contributed by atoms with Crippen LogP contribution in [0.3, 0.4) is 0 Å². The topological polar surface area (TPSA) is 61.4 Å². The van der Waals surface area contributed by atoms with Crippen LogP contribution in [-0.4, -0.2) is 42.9 Å². The first kappa shape index (κ1) is 19.4. The number of rotatable bonds is 6. The van der Waals surface area contributed by atoms with Crippen LogP contribution in [0.2, 0.25) is 0 Å². The van der Waals surface area contributed by atoms with Gasteiger partial charge in [-0.05, 0) is 50.4 Å². The number of nitrogens with zero attached hydrogens (tertiary/aromatic N) is 1. The standard InChI is InChI=1S/C20H31N3O2/c1-14-7-5-6-8-18(14)22-19(24)15(2)23(4)13-16-9-11-17(12-10-16)20(25)21-3/h9-12,14-15,18H,5-8,13H2,1-4H3,(H,21,25)(H,22,24)/t14-,15+,18-/m0/s1. The number of benzene rings is 1. The molecule has 1 aliphatic rings. The van der Waals surface area contributed by atoms with E-state index in [0.29, 0.717) is 24.1 Å². The Morgan fingerprint density at radius 3 is 2.44 bits per heavy atom. The molecular weight excluding hydrogens is 314 g/mol. The Kier molecular flexibility index (Phi) is 7.00. The molecule has 1 saturated carbocycles. The molecule has 1 fully saturated rings. The molecule has 0 heterocycles. The Balaban J connectivity index is 1.89. The Labute approximate surface area is 151 Å². The maximum absolute atomic E-state index is 12.6. The van der Waals surface area contributed by atoms with Gasteiger partial charge in [-0.25, -0.2) is 0 Å². The van der Waals surface area contributed by atoms with E-state index in [1.54, 1.807) is 7.05 Å². The zero-order chi connectivity index (χ0) is 18.4. The molecular formula is C20H31N3O2. The fourth-order valence-corrected chi connectivity index (χ4v) is 3.36. The first-order valence-electron chi connectivity index (χ1n) is 9.24. The maximum Gasteiger partial charge on any atom is 0.251 e. The molecule has 1 aliphatic carbocycles. The highest BCUT2D eigenvalue weighted by molar-refractivity contribution is 5.93. The van der Waals surface area contributed by atoms with Crippen molar-refractivity contribution in [2.75, 3.05) is 14.1 Å². The number of carbonyl (C=O) groups excluding carboxylic acids is 2. The highest BCUT2D eigenvalue weighted by Crippen LogP contribution is 2.23. The van der Waals surface area contributed by atoms with Crippen LogP contribution in [-0.2, 0) is 11.3 Å². The SMILES string of the molecule is CNC(=O)c1ccc(CN(C)[C@H](C)C(=O)N[C@H]2CCCC[C@@H]2C)cc1. The van der Waals surface area contributed by atoms with Crippen molar-refractivity contribution in [1.82, 2.24) is 15.5 Å². The predicted octanol–water partition coefficient (Wildman–Crippen LogP) is 2.56. The first-order chi connectivity index (χ1) is 11.9. The number of hydrogen-bond donors (Lipinski definition) is 2. The molecule has 0 aromatic heterocycles. The molecule has 1 aromatic carbocycles. The van der Waals surface area contributed by atoms with Gasteiger partial charge in [0.2, 0.25) is 5.91 Å². The minimum Gasteiger partial charge on any atom is -0.355 e. The van der Waals surface area contributed by atoms with Gasteiger partial charge in [-0.2, -0.15) is 0 Å². The molecule has 5 heteroatoms. The fourth-order valence-electron chi connectivity index (χ4n) is 3.36. The van der Waals surface area contributed by atoms with E-state index in [1.807, 2.05) is 43.1 Å². The number of amides is 2. The van der Waals surface area contributed by atoms with E-state index in [0.717, 1.165) is 12.0 Å². The maximum atomic E-state index is 12.6. The van der Waals surface area contributed by atoms with E-state index in [9.17, 15) is 9.59 Å². The lowest BCUT2D eigenvalue weighted by atomic mass is 9.86. The third-order valence-corrected chi connectivity index (χ3v) is 5.35. The molecule has 0 unspecified atom stereocenters. The van der Waals surface area contributed by atoms with Crippen LogP contribution in [0.5, 0.6) is 0 Å². The second kappa shape index (κ2) is 8.99. The zero-order valence-electron chi connectivity index (χ0n) is 15.8. The van der Waals surface area contributed by atoms with Gasteiger partial charge in [0.15, 0.2) is 0 Å². The summed E-state index contributed by atoms with van der Waals surface area (Å²) in [6.07, 6.45) is 4.77. The number of likely N-dealkylation sites (N-methyl/N-ethyl adjacent to an activating group) is 1. The van der Waals surface area contributed by atoms with Crippen molar-refractivity contribution >= 4 is 11.8 Å². The van der Waals surface area contributed by atoms with Crippen molar-refractivity contribution < 1.29 is 9.59 Å². The van der Waals surface area contributed by atoms with Crippen molar-refractivity contribution in [3.63, 3.8) is 0 Å². The van der Waals surface area contributed by atoms with Crippen LogP contribution < -0.4 is 10.6 Å². The number of hydrogen-bond acceptors (Lipinski definition) is 3. The van der Waals surface area contributed by atoms with E-state index < -0.39 is 0 Å². The van der Waals surface area contributed by atoms with Gasteiger partial charge >= 0.3 is 0 Å². The summed E-state index contributed by atoms with van der Waals surface area (Å²) in [5.74, 6) is 0.574. The molecule has 0 bridgehead atoms. The highest BCUT2D eigenvalue weighted by atomic mass is 16.2. The summed E-state index contributed by atoms with van der Waals surface area (Å²) >= 11 is 0. The monoisotopic (exact) mass is 345 g/mol. The molecule has 1 aromatic rings. The molecule has 0 aliphatic heterocycles. The zero-order valence-corrected chi connectivity index (χ0v) is 15.8.